The van der Waals surface area contributed by atoms with Crippen LogP contribution in [0.1, 0.15) is 42.9 Å². The molecule has 23 heavy (non-hydrogen) atoms. The van der Waals surface area contributed by atoms with Crippen molar-refractivity contribution in [2.75, 3.05) is 26.2 Å². The van der Waals surface area contributed by atoms with Crippen LogP contribution in [0.25, 0.3) is 0 Å². The number of rotatable bonds is 7. The summed E-state index contributed by atoms with van der Waals surface area (Å²) in [7, 11) is 0. The monoisotopic (exact) mass is 326 g/mol. The smallest absolute Gasteiger partial charge is 0.314 e. The molecule has 1 aromatic carbocycles. The fraction of sp³-hybridized carbons (Fsp3) is 0.556. The zero-order valence-corrected chi connectivity index (χ0v) is 13.4. The second-order valence-electron chi connectivity index (χ2n) is 5.96. The molecule has 0 radical (unpaired) electrons. The molecule has 0 amide bonds. The van der Waals surface area contributed by atoms with E-state index in [9.17, 15) is 13.2 Å². The Bertz CT molecular complexity index is 493. The van der Waals surface area contributed by atoms with Gasteiger partial charge < -0.3 is 5.32 Å². The Labute approximate surface area is 136 Å². The molecule has 1 saturated heterocycles. The van der Waals surface area contributed by atoms with Crippen LogP contribution in [0, 0.1) is 0 Å². The number of piperazine rings is 1. The third-order valence-corrected chi connectivity index (χ3v) is 4.35. The zero-order valence-electron chi connectivity index (χ0n) is 13.4. The molecule has 1 aliphatic heterocycles. The number of benzene rings is 1. The van der Waals surface area contributed by atoms with E-state index in [0.717, 1.165) is 51.9 Å². The highest BCUT2D eigenvalue weighted by molar-refractivity contribution is 5.32. The van der Waals surface area contributed by atoms with Crippen LogP contribution < -0.4 is 5.32 Å². The van der Waals surface area contributed by atoms with E-state index in [0.29, 0.717) is 5.56 Å². The number of halogens is 3. The molecule has 0 aliphatic carbocycles. The Kier molecular flexibility index (Phi) is 6.66. The van der Waals surface area contributed by atoms with E-state index >= 15 is 0 Å². The van der Waals surface area contributed by atoms with Crippen molar-refractivity contribution in [2.24, 2.45) is 0 Å². The summed E-state index contributed by atoms with van der Waals surface area (Å²) in [6.45, 7) is 6.95. The van der Waals surface area contributed by atoms with Crippen molar-refractivity contribution in [3.05, 3.63) is 48.0 Å². The standard InChI is InChI=1S/C18H25F3N2/c1-2-3-4-5-10-17(23-13-11-22-12-14-23)15-8-6-7-9-16(15)18(19,20)21/h2,6-9,17,22H,1,3-5,10-14H2/t17-/m1/s1. The Morgan fingerprint density at radius 2 is 1.87 bits per heavy atom. The zero-order chi connectivity index (χ0) is 16.7. The van der Waals surface area contributed by atoms with Crippen LogP contribution in [0.5, 0.6) is 0 Å². The molecule has 1 atom stereocenters. The van der Waals surface area contributed by atoms with Crippen molar-refractivity contribution in [2.45, 2.75) is 37.9 Å². The first kappa shape index (κ1) is 18.0. The van der Waals surface area contributed by atoms with E-state index in [-0.39, 0.29) is 6.04 Å². The average Bonchev–Trinajstić information content (AvgIpc) is 2.55. The second kappa shape index (κ2) is 8.50. The maximum Gasteiger partial charge on any atom is 0.416 e. The van der Waals surface area contributed by atoms with Crippen LogP contribution in [0.4, 0.5) is 13.2 Å². The van der Waals surface area contributed by atoms with Gasteiger partial charge in [0.2, 0.25) is 0 Å². The van der Waals surface area contributed by atoms with E-state index in [1.807, 2.05) is 6.08 Å². The second-order valence-corrected chi connectivity index (χ2v) is 5.96. The van der Waals surface area contributed by atoms with Gasteiger partial charge in [-0.1, -0.05) is 30.7 Å². The van der Waals surface area contributed by atoms with Gasteiger partial charge in [-0.2, -0.15) is 13.2 Å². The van der Waals surface area contributed by atoms with Crippen LogP contribution in [0.3, 0.4) is 0 Å². The lowest BCUT2D eigenvalue weighted by Gasteiger charge is -2.36. The average molecular weight is 326 g/mol. The van der Waals surface area contributed by atoms with Crippen molar-refractivity contribution in [1.82, 2.24) is 10.2 Å². The minimum atomic E-state index is -4.30. The van der Waals surface area contributed by atoms with Gasteiger partial charge >= 0.3 is 6.18 Å². The van der Waals surface area contributed by atoms with Gasteiger partial charge in [-0.25, -0.2) is 0 Å². The highest BCUT2D eigenvalue weighted by Gasteiger charge is 2.36. The van der Waals surface area contributed by atoms with Crippen molar-refractivity contribution in [1.29, 1.82) is 0 Å². The highest BCUT2D eigenvalue weighted by atomic mass is 19.4. The lowest BCUT2D eigenvalue weighted by Crippen LogP contribution is -2.45. The van der Waals surface area contributed by atoms with Gasteiger partial charge in [0, 0.05) is 32.2 Å². The fourth-order valence-corrected chi connectivity index (χ4v) is 3.20. The molecule has 5 heteroatoms. The number of nitrogens with zero attached hydrogens (tertiary/aromatic N) is 1. The molecular weight excluding hydrogens is 301 g/mol. The summed E-state index contributed by atoms with van der Waals surface area (Å²) in [6, 6.07) is 5.86. The number of unbranched alkanes of at least 4 members (excludes halogenated alkanes) is 2. The molecule has 0 spiro atoms. The van der Waals surface area contributed by atoms with Gasteiger partial charge in [0.05, 0.1) is 5.56 Å². The van der Waals surface area contributed by atoms with Crippen molar-refractivity contribution < 1.29 is 13.2 Å². The predicted molar refractivity (Wildman–Crippen MR) is 87.3 cm³/mol. The summed E-state index contributed by atoms with van der Waals surface area (Å²) in [4.78, 5) is 2.19. The number of alkyl halides is 3. The van der Waals surface area contributed by atoms with Gasteiger partial charge in [-0.3, -0.25) is 4.90 Å². The van der Waals surface area contributed by atoms with Crippen LogP contribution >= 0.6 is 0 Å². The first-order valence-electron chi connectivity index (χ1n) is 8.26. The topological polar surface area (TPSA) is 15.3 Å². The molecular formula is C18H25F3N2. The Hall–Kier alpha value is -1.33. The Balaban J connectivity index is 2.23. The van der Waals surface area contributed by atoms with E-state index in [4.69, 9.17) is 0 Å². The highest BCUT2D eigenvalue weighted by Crippen LogP contribution is 2.38. The summed E-state index contributed by atoms with van der Waals surface area (Å²) in [5.74, 6) is 0. The molecule has 2 rings (SSSR count). The third kappa shape index (κ3) is 5.08. The molecule has 0 unspecified atom stereocenters. The summed E-state index contributed by atoms with van der Waals surface area (Å²) < 4.78 is 40.1. The van der Waals surface area contributed by atoms with Gasteiger partial charge in [-0.05, 0) is 30.9 Å². The molecule has 1 fully saturated rings. The molecule has 0 bridgehead atoms. The molecule has 1 heterocycles. The maximum absolute atomic E-state index is 13.4. The molecule has 128 valence electrons. The lowest BCUT2D eigenvalue weighted by molar-refractivity contribution is -0.138. The van der Waals surface area contributed by atoms with Crippen LogP contribution in [-0.4, -0.2) is 31.1 Å². The van der Waals surface area contributed by atoms with Gasteiger partial charge in [0.1, 0.15) is 0 Å². The molecule has 1 N–H and O–H groups in total. The predicted octanol–water partition coefficient (Wildman–Crippen LogP) is 4.40. The minimum Gasteiger partial charge on any atom is -0.314 e. The van der Waals surface area contributed by atoms with Crippen molar-refractivity contribution in [3.8, 4) is 0 Å². The Morgan fingerprint density at radius 1 is 1.17 bits per heavy atom. The van der Waals surface area contributed by atoms with E-state index in [2.05, 4.69) is 16.8 Å². The van der Waals surface area contributed by atoms with Crippen LogP contribution in [0.2, 0.25) is 0 Å². The molecule has 2 nitrogen and oxygen atoms in total. The normalized spacial score (nSPS) is 17.9. The van der Waals surface area contributed by atoms with Crippen molar-refractivity contribution in [3.63, 3.8) is 0 Å². The number of hydrogen-bond acceptors (Lipinski definition) is 2. The fourth-order valence-electron chi connectivity index (χ4n) is 3.20. The number of hydrogen-bond donors (Lipinski definition) is 1. The van der Waals surface area contributed by atoms with Crippen LogP contribution in [-0.2, 0) is 6.18 Å². The first-order chi connectivity index (χ1) is 11.0. The lowest BCUT2D eigenvalue weighted by atomic mass is 9.93. The van der Waals surface area contributed by atoms with Gasteiger partial charge in [0.25, 0.3) is 0 Å². The largest absolute Gasteiger partial charge is 0.416 e. The van der Waals surface area contributed by atoms with E-state index < -0.39 is 11.7 Å². The third-order valence-electron chi connectivity index (χ3n) is 4.35. The maximum atomic E-state index is 13.4. The molecule has 1 aromatic rings. The first-order valence-corrected chi connectivity index (χ1v) is 8.26. The number of allylic oxidation sites excluding steroid dienone is 1. The SMILES string of the molecule is C=CCCCC[C@H](c1ccccc1C(F)(F)F)N1CCNCC1. The summed E-state index contributed by atoms with van der Waals surface area (Å²) in [5, 5.41) is 3.27. The van der Waals surface area contributed by atoms with Gasteiger partial charge in [0.15, 0.2) is 0 Å². The van der Waals surface area contributed by atoms with Crippen molar-refractivity contribution >= 4 is 0 Å². The van der Waals surface area contributed by atoms with Gasteiger partial charge in [-0.15, -0.1) is 6.58 Å². The number of nitrogens with one attached hydrogen (secondary N) is 1. The van der Waals surface area contributed by atoms with Crippen LogP contribution in [0.15, 0.2) is 36.9 Å². The van der Waals surface area contributed by atoms with E-state index in [1.54, 1.807) is 12.1 Å². The van der Waals surface area contributed by atoms with E-state index in [1.165, 1.54) is 12.1 Å². The summed E-state index contributed by atoms with van der Waals surface area (Å²) in [5.41, 5.74) is -0.0762. The molecule has 0 saturated carbocycles. The summed E-state index contributed by atoms with van der Waals surface area (Å²) in [6.07, 6.45) is 1.11. The quantitative estimate of drug-likeness (QED) is 0.590. The Morgan fingerprint density at radius 3 is 2.52 bits per heavy atom. The molecule has 1 aliphatic rings. The summed E-state index contributed by atoms with van der Waals surface area (Å²) >= 11 is 0. The molecule has 0 aromatic heterocycles. The minimum absolute atomic E-state index is 0.167.